The summed E-state index contributed by atoms with van der Waals surface area (Å²) in [6, 6.07) is 85.8. The molecule has 0 aliphatic heterocycles. The first kappa shape index (κ1) is 41.9. The van der Waals surface area contributed by atoms with E-state index in [4.69, 9.17) is 15.0 Å². The third kappa shape index (κ3) is 7.17. The van der Waals surface area contributed by atoms with E-state index >= 15 is 0 Å². The molecule has 334 valence electrons. The average molecular weight is 918 g/mol. The second kappa shape index (κ2) is 17.4. The van der Waals surface area contributed by atoms with Crippen LogP contribution in [0.3, 0.4) is 0 Å². The van der Waals surface area contributed by atoms with Crippen molar-refractivity contribution >= 4 is 43.6 Å². The summed E-state index contributed by atoms with van der Waals surface area (Å²) in [5.41, 5.74) is 16.1. The van der Waals surface area contributed by atoms with Crippen LogP contribution in [0.4, 0.5) is 0 Å². The Hall–Kier alpha value is -10.2. The minimum absolute atomic E-state index is 0.528. The van der Waals surface area contributed by atoms with Crippen molar-refractivity contribution in [2.45, 2.75) is 0 Å². The summed E-state index contributed by atoms with van der Waals surface area (Å²) in [5.74, 6) is 1.66. The van der Waals surface area contributed by atoms with Gasteiger partial charge in [-0.3, -0.25) is 0 Å². The van der Waals surface area contributed by atoms with Crippen LogP contribution in [0.5, 0.6) is 0 Å². The zero-order chi connectivity index (χ0) is 48.1. The van der Waals surface area contributed by atoms with Crippen LogP contribution in [0.1, 0.15) is 11.1 Å². The number of fused-ring (bicyclic) bond motifs is 6. The molecule has 0 spiro atoms. The number of para-hydroxylation sites is 2. The number of hydrogen-bond acceptors (Lipinski definition) is 5. The van der Waals surface area contributed by atoms with Gasteiger partial charge < -0.3 is 9.13 Å². The van der Waals surface area contributed by atoms with E-state index in [1.54, 1.807) is 0 Å². The first-order valence-corrected chi connectivity index (χ1v) is 23.8. The fraction of sp³-hybridized carbons (Fsp3) is 0. The zero-order valence-corrected chi connectivity index (χ0v) is 38.6. The van der Waals surface area contributed by atoms with E-state index in [2.05, 4.69) is 149 Å². The Morgan fingerprint density at radius 1 is 0.306 bits per heavy atom. The van der Waals surface area contributed by atoms with Crippen molar-refractivity contribution in [3.05, 3.63) is 248 Å². The highest BCUT2D eigenvalue weighted by atomic mass is 15.1. The second-order valence-corrected chi connectivity index (χ2v) is 17.8. The molecule has 0 amide bonds. The standard InChI is InChI=1S/C65H39N7/c66-40-42-23-27-44(28-24-42)48-31-34-53-54-35-32-49(45-29-25-43(41-67)26-30-45)39-61(54)72(60(53)38-48)58-36-33-50(52-20-12-22-59-62(52)55-19-10-11-21-57(55)71(59)51-17-8-3-9-18-51)37-56(58)65-69-63(46-13-4-1-5-14-46)68-64(70-65)47-15-6-2-7-16-47/h1-39H. The number of rotatable bonds is 8. The maximum atomic E-state index is 9.65. The lowest BCUT2D eigenvalue weighted by molar-refractivity contribution is 1.06. The van der Waals surface area contributed by atoms with Gasteiger partial charge in [0.2, 0.25) is 0 Å². The van der Waals surface area contributed by atoms with Crippen molar-refractivity contribution in [2.75, 3.05) is 0 Å². The molecule has 10 aromatic carbocycles. The number of nitriles is 2. The maximum absolute atomic E-state index is 9.65. The SMILES string of the molecule is N#Cc1ccc(-c2ccc3c4ccc(-c5ccc(C#N)cc5)cc4n(-c4ccc(-c5cccc6c5c5ccccc5n6-c5ccccc5)cc4-c4nc(-c5ccccc5)nc(-c5ccccc5)n4)c3c2)cc1. The van der Waals surface area contributed by atoms with Crippen LogP contribution >= 0.6 is 0 Å². The molecule has 0 fully saturated rings. The van der Waals surface area contributed by atoms with Gasteiger partial charge in [-0.1, -0.05) is 164 Å². The van der Waals surface area contributed by atoms with Crippen molar-refractivity contribution < 1.29 is 0 Å². The van der Waals surface area contributed by atoms with Crippen LogP contribution < -0.4 is 0 Å². The summed E-state index contributed by atoms with van der Waals surface area (Å²) in [5, 5.41) is 23.8. The monoisotopic (exact) mass is 917 g/mol. The predicted octanol–water partition coefficient (Wildman–Crippen LogP) is 15.8. The Labute approximate surface area is 415 Å². The molecule has 0 radical (unpaired) electrons. The van der Waals surface area contributed by atoms with Crippen molar-refractivity contribution in [3.63, 3.8) is 0 Å². The summed E-state index contributed by atoms with van der Waals surface area (Å²) in [7, 11) is 0. The first-order valence-electron chi connectivity index (χ1n) is 23.8. The minimum Gasteiger partial charge on any atom is -0.309 e. The van der Waals surface area contributed by atoms with E-state index in [9.17, 15) is 10.5 Å². The Balaban J connectivity index is 1.13. The van der Waals surface area contributed by atoms with E-state index < -0.39 is 0 Å². The molecular formula is C65H39N7. The molecule has 13 rings (SSSR count). The van der Waals surface area contributed by atoms with Gasteiger partial charge in [-0.25, -0.2) is 15.0 Å². The molecule has 3 heterocycles. The third-order valence-electron chi connectivity index (χ3n) is 13.7. The largest absolute Gasteiger partial charge is 0.309 e. The summed E-state index contributed by atoms with van der Waals surface area (Å²) < 4.78 is 4.70. The van der Waals surface area contributed by atoms with E-state index in [1.165, 1.54) is 0 Å². The number of aromatic nitrogens is 5. The molecule has 0 saturated heterocycles. The molecule has 72 heavy (non-hydrogen) atoms. The Bertz CT molecular complexity index is 4140. The lowest BCUT2D eigenvalue weighted by Crippen LogP contribution is -2.04. The highest BCUT2D eigenvalue weighted by molar-refractivity contribution is 6.16. The van der Waals surface area contributed by atoms with E-state index in [0.29, 0.717) is 28.6 Å². The van der Waals surface area contributed by atoms with Crippen molar-refractivity contribution in [2.24, 2.45) is 0 Å². The van der Waals surface area contributed by atoms with Gasteiger partial charge in [-0.05, 0) is 106 Å². The fourth-order valence-corrected chi connectivity index (χ4v) is 10.2. The van der Waals surface area contributed by atoms with Crippen LogP contribution in [-0.4, -0.2) is 24.1 Å². The topological polar surface area (TPSA) is 96.1 Å². The van der Waals surface area contributed by atoms with Gasteiger partial charge in [0.05, 0.1) is 51.0 Å². The summed E-state index contributed by atoms with van der Waals surface area (Å²) >= 11 is 0. The third-order valence-corrected chi connectivity index (χ3v) is 13.7. The van der Waals surface area contributed by atoms with Crippen molar-refractivity contribution in [3.8, 4) is 91.1 Å². The molecule has 13 aromatic rings. The van der Waals surface area contributed by atoms with E-state index in [0.717, 1.165) is 105 Å². The number of nitrogens with zero attached hydrogens (tertiary/aromatic N) is 7. The summed E-state index contributed by atoms with van der Waals surface area (Å²) in [4.78, 5) is 15.9. The highest BCUT2D eigenvalue weighted by Crippen LogP contribution is 2.44. The summed E-state index contributed by atoms with van der Waals surface area (Å²) in [6.07, 6.45) is 0. The minimum atomic E-state index is 0.528. The predicted molar refractivity (Wildman–Crippen MR) is 291 cm³/mol. The van der Waals surface area contributed by atoms with Crippen molar-refractivity contribution in [1.82, 2.24) is 24.1 Å². The van der Waals surface area contributed by atoms with Gasteiger partial charge in [-0.2, -0.15) is 10.5 Å². The van der Waals surface area contributed by atoms with Gasteiger partial charge in [0.1, 0.15) is 0 Å². The number of hydrogen-bond donors (Lipinski definition) is 0. The average Bonchev–Trinajstić information content (AvgIpc) is 3.98. The van der Waals surface area contributed by atoms with Gasteiger partial charge in [0, 0.05) is 43.9 Å². The van der Waals surface area contributed by atoms with Gasteiger partial charge >= 0.3 is 0 Å². The Morgan fingerprint density at radius 3 is 1.36 bits per heavy atom. The second-order valence-electron chi connectivity index (χ2n) is 17.8. The number of benzene rings is 10. The van der Waals surface area contributed by atoms with Crippen LogP contribution in [-0.2, 0) is 0 Å². The molecule has 7 nitrogen and oxygen atoms in total. The summed E-state index contributed by atoms with van der Waals surface area (Å²) in [6.45, 7) is 0. The molecule has 0 unspecified atom stereocenters. The van der Waals surface area contributed by atoms with Crippen LogP contribution in [0.2, 0.25) is 0 Å². The Morgan fingerprint density at radius 2 is 0.792 bits per heavy atom. The molecule has 0 saturated carbocycles. The fourth-order valence-electron chi connectivity index (χ4n) is 10.2. The molecule has 3 aromatic heterocycles. The zero-order valence-electron chi connectivity index (χ0n) is 38.6. The lowest BCUT2D eigenvalue weighted by atomic mass is 9.96. The van der Waals surface area contributed by atoms with Crippen LogP contribution in [0.15, 0.2) is 237 Å². The highest BCUT2D eigenvalue weighted by Gasteiger charge is 2.23. The van der Waals surface area contributed by atoms with Gasteiger partial charge in [-0.15, -0.1) is 0 Å². The van der Waals surface area contributed by atoms with Crippen LogP contribution in [0.25, 0.3) is 123 Å². The molecule has 0 atom stereocenters. The van der Waals surface area contributed by atoms with E-state index in [-0.39, 0.29) is 0 Å². The van der Waals surface area contributed by atoms with Crippen LogP contribution in [0, 0.1) is 22.7 Å². The molecule has 0 N–H and O–H groups in total. The molecule has 7 heteroatoms. The Kier molecular flexibility index (Phi) is 10.1. The van der Waals surface area contributed by atoms with E-state index in [1.807, 2.05) is 109 Å². The lowest BCUT2D eigenvalue weighted by Gasteiger charge is -2.17. The van der Waals surface area contributed by atoms with Crippen molar-refractivity contribution in [1.29, 1.82) is 10.5 Å². The smallest absolute Gasteiger partial charge is 0.166 e. The molecule has 0 aliphatic rings. The molecule has 0 bridgehead atoms. The van der Waals surface area contributed by atoms with Gasteiger partial charge in [0.25, 0.3) is 0 Å². The first-order chi connectivity index (χ1) is 35.6. The normalized spacial score (nSPS) is 11.3. The maximum Gasteiger partial charge on any atom is 0.166 e. The molecule has 0 aliphatic carbocycles. The van der Waals surface area contributed by atoms with Gasteiger partial charge in [0.15, 0.2) is 17.5 Å². The quantitative estimate of drug-likeness (QED) is 0.151. The molecular weight excluding hydrogens is 879 g/mol.